The van der Waals surface area contributed by atoms with Gasteiger partial charge < -0.3 is 5.32 Å². The third-order valence-corrected chi connectivity index (χ3v) is 7.11. The first kappa shape index (κ1) is 18.4. The van der Waals surface area contributed by atoms with E-state index in [0.717, 1.165) is 35.5 Å². The number of aryl methyl sites for hydroxylation is 3. The summed E-state index contributed by atoms with van der Waals surface area (Å²) in [6.07, 6.45) is 7.02. The second-order valence-electron chi connectivity index (χ2n) is 7.00. The van der Waals surface area contributed by atoms with Gasteiger partial charge in [-0.3, -0.25) is 4.79 Å². The van der Waals surface area contributed by atoms with E-state index in [-0.39, 0.29) is 11.9 Å². The number of hydrogen-bond acceptors (Lipinski definition) is 5. The lowest BCUT2D eigenvalue weighted by Gasteiger charge is -2.14. The van der Waals surface area contributed by atoms with Crippen LogP contribution in [0.2, 0.25) is 0 Å². The Bertz CT molecular complexity index is 939. The summed E-state index contributed by atoms with van der Waals surface area (Å²) in [5.74, 6) is 0.464. The molecule has 0 saturated carbocycles. The lowest BCUT2D eigenvalue weighted by atomic mass is 10.1. The topological polar surface area (TPSA) is 54.9 Å². The van der Waals surface area contributed by atoms with Crippen molar-refractivity contribution in [2.75, 3.05) is 5.75 Å². The third kappa shape index (κ3) is 4.33. The molecule has 27 heavy (non-hydrogen) atoms. The molecule has 0 saturated heterocycles. The lowest BCUT2D eigenvalue weighted by Crippen LogP contribution is -2.34. The summed E-state index contributed by atoms with van der Waals surface area (Å²) in [5, 5.41) is 5.25. The molecule has 3 aromatic rings. The molecular formula is C21H23N3OS2. The van der Waals surface area contributed by atoms with Crippen LogP contribution in [0.25, 0.3) is 10.2 Å². The number of aromatic nitrogens is 2. The normalized spacial score (nSPS) is 14.3. The number of thiophene rings is 1. The fourth-order valence-corrected chi connectivity index (χ4v) is 5.69. The Hall–Kier alpha value is -1.92. The number of nitrogens with zero attached hydrogens (tertiary/aromatic N) is 2. The quantitative estimate of drug-likeness (QED) is 0.474. The minimum Gasteiger partial charge on any atom is -0.353 e. The van der Waals surface area contributed by atoms with Crippen molar-refractivity contribution in [1.82, 2.24) is 15.3 Å². The number of carbonyl (C=O) groups excluding carboxylic acids is 1. The molecule has 4 nitrogen and oxygen atoms in total. The zero-order chi connectivity index (χ0) is 18.6. The first-order valence-electron chi connectivity index (χ1n) is 9.42. The van der Waals surface area contributed by atoms with Crippen LogP contribution in [-0.2, 0) is 24.1 Å². The van der Waals surface area contributed by atoms with E-state index in [1.54, 1.807) is 17.7 Å². The lowest BCUT2D eigenvalue weighted by molar-refractivity contribution is -0.119. The molecule has 1 aliphatic rings. The molecule has 2 aromatic heterocycles. The van der Waals surface area contributed by atoms with Gasteiger partial charge in [0.25, 0.3) is 0 Å². The molecular weight excluding hydrogens is 374 g/mol. The molecule has 1 amide bonds. The standard InChI is InChI=1S/C21H23N3OS2/c1-14(10-11-15-6-3-2-4-7-15)24-18(25)12-26-20-19-16-8-5-9-17(16)27-21(19)23-13-22-20/h2-4,6-7,13-14H,5,8-12H2,1H3,(H,24,25)/t14-/m0/s1. The monoisotopic (exact) mass is 397 g/mol. The molecule has 1 atom stereocenters. The Morgan fingerprint density at radius 3 is 2.96 bits per heavy atom. The molecule has 4 rings (SSSR count). The van der Waals surface area contributed by atoms with Gasteiger partial charge in [0.1, 0.15) is 16.2 Å². The van der Waals surface area contributed by atoms with Crippen molar-refractivity contribution in [2.24, 2.45) is 0 Å². The molecule has 140 valence electrons. The van der Waals surface area contributed by atoms with Crippen LogP contribution in [-0.4, -0.2) is 27.7 Å². The number of hydrogen-bond donors (Lipinski definition) is 1. The van der Waals surface area contributed by atoms with Gasteiger partial charge in [-0.2, -0.15) is 0 Å². The van der Waals surface area contributed by atoms with E-state index >= 15 is 0 Å². The van der Waals surface area contributed by atoms with Crippen LogP contribution in [0.15, 0.2) is 41.7 Å². The summed E-state index contributed by atoms with van der Waals surface area (Å²) in [6.45, 7) is 2.07. The summed E-state index contributed by atoms with van der Waals surface area (Å²) < 4.78 is 0. The van der Waals surface area contributed by atoms with Gasteiger partial charge >= 0.3 is 0 Å². The van der Waals surface area contributed by atoms with E-state index in [1.807, 2.05) is 6.07 Å². The molecule has 2 heterocycles. The van der Waals surface area contributed by atoms with Crippen molar-refractivity contribution in [3.05, 3.63) is 52.7 Å². The maximum Gasteiger partial charge on any atom is 0.230 e. The molecule has 0 spiro atoms. The smallest absolute Gasteiger partial charge is 0.230 e. The van der Waals surface area contributed by atoms with Crippen LogP contribution in [0.3, 0.4) is 0 Å². The van der Waals surface area contributed by atoms with Crippen LogP contribution in [0, 0.1) is 0 Å². The molecule has 0 bridgehead atoms. The highest BCUT2D eigenvalue weighted by atomic mass is 32.2. The van der Waals surface area contributed by atoms with Crippen LogP contribution >= 0.6 is 23.1 Å². The van der Waals surface area contributed by atoms with Gasteiger partial charge in [-0.1, -0.05) is 42.1 Å². The molecule has 6 heteroatoms. The molecule has 0 aliphatic heterocycles. The number of amides is 1. The molecule has 0 radical (unpaired) electrons. The summed E-state index contributed by atoms with van der Waals surface area (Å²) in [6, 6.07) is 10.6. The minimum atomic E-state index is 0.0687. The number of carbonyl (C=O) groups is 1. The van der Waals surface area contributed by atoms with Crippen molar-refractivity contribution in [1.29, 1.82) is 0 Å². The summed E-state index contributed by atoms with van der Waals surface area (Å²) in [7, 11) is 0. The highest BCUT2D eigenvalue weighted by Crippen LogP contribution is 2.39. The van der Waals surface area contributed by atoms with Crippen molar-refractivity contribution in [3.63, 3.8) is 0 Å². The van der Waals surface area contributed by atoms with E-state index in [9.17, 15) is 4.79 Å². The number of rotatable bonds is 7. The van der Waals surface area contributed by atoms with Crippen molar-refractivity contribution < 1.29 is 4.79 Å². The van der Waals surface area contributed by atoms with E-state index in [1.165, 1.54) is 39.6 Å². The van der Waals surface area contributed by atoms with Gasteiger partial charge in [0, 0.05) is 16.3 Å². The first-order chi connectivity index (χ1) is 13.2. The van der Waals surface area contributed by atoms with Gasteiger partial charge in [0.15, 0.2) is 0 Å². The van der Waals surface area contributed by atoms with E-state index < -0.39 is 0 Å². The Labute approximate surface area is 167 Å². The molecule has 1 N–H and O–H groups in total. The van der Waals surface area contributed by atoms with E-state index in [4.69, 9.17) is 0 Å². The molecule has 1 aliphatic carbocycles. The zero-order valence-electron chi connectivity index (χ0n) is 15.4. The average molecular weight is 398 g/mol. The van der Waals surface area contributed by atoms with Gasteiger partial charge in [-0.05, 0) is 50.2 Å². The van der Waals surface area contributed by atoms with Gasteiger partial charge in [0.2, 0.25) is 5.91 Å². The molecule has 0 fully saturated rings. The van der Waals surface area contributed by atoms with Gasteiger partial charge in [-0.15, -0.1) is 11.3 Å². The SMILES string of the molecule is C[C@@H](CCc1ccccc1)NC(=O)CSc1ncnc2sc3c(c12)CCC3. The zero-order valence-corrected chi connectivity index (χ0v) is 17.0. The third-order valence-electron chi connectivity index (χ3n) is 4.92. The Morgan fingerprint density at radius 2 is 2.11 bits per heavy atom. The largest absolute Gasteiger partial charge is 0.353 e. The van der Waals surface area contributed by atoms with Gasteiger partial charge in [-0.25, -0.2) is 9.97 Å². The maximum atomic E-state index is 12.4. The highest BCUT2D eigenvalue weighted by Gasteiger charge is 2.21. The summed E-state index contributed by atoms with van der Waals surface area (Å²) >= 11 is 3.31. The maximum absolute atomic E-state index is 12.4. The van der Waals surface area contributed by atoms with Crippen LogP contribution in [0.1, 0.15) is 35.8 Å². The number of nitrogens with one attached hydrogen (secondary N) is 1. The van der Waals surface area contributed by atoms with Crippen molar-refractivity contribution >= 4 is 39.2 Å². The number of fused-ring (bicyclic) bond motifs is 3. The minimum absolute atomic E-state index is 0.0687. The van der Waals surface area contributed by atoms with E-state index in [2.05, 4.69) is 46.5 Å². The van der Waals surface area contributed by atoms with Crippen LogP contribution in [0.5, 0.6) is 0 Å². The average Bonchev–Trinajstić information content (AvgIpc) is 3.26. The van der Waals surface area contributed by atoms with Gasteiger partial charge in [0.05, 0.1) is 5.75 Å². The number of thioether (sulfide) groups is 1. The molecule has 1 aromatic carbocycles. The second kappa shape index (κ2) is 8.40. The summed E-state index contributed by atoms with van der Waals surface area (Å²) in [5.41, 5.74) is 2.72. The fraction of sp³-hybridized carbons (Fsp3) is 0.381. The van der Waals surface area contributed by atoms with Crippen LogP contribution in [0.4, 0.5) is 0 Å². The van der Waals surface area contributed by atoms with E-state index in [0.29, 0.717) is 5.75 Å². The second-order valence-corrected chi connectivity index (χ2v) is 9.05. The predicted molar refractivity (Wildman–Crippen MR) is 113 cm³/mol. The highest BCUT2D eigenvalue weighted by molar-refractivity contribution is 8.00. The Kier molecular flexibility index (Phi) is 5.74. The fourth-order valence-electron chi connectivity index (χ4n) is 3.56. The predicted octanol–water partition coefficient (Wildman–Crippen LogP) is 4.41. The number of benzene rings is 1. The van der Waals surface area contributed by atoms with Crippen LogP contribution < -0.4 is 5.32 Å². The summed E-state index contributed by atoms with van der Waals surface area (Å²) in [4.78, 5) is 23.8. The first-order valence-corrected chi connectivity index (χ1v) is 11.2. The molecule has 0 unspecified atom stereocenters. The Balaban J connectivity index is 1.32. The van der Waals surface area contributed by atoms with Crippen molar-refractivity contribution in [2.45, 2.75) is 50.1 Å². The van der Waals surface area contributed by atoms with Crippen molar-refractivity contribution in [3.8, 4) is 0 Å². The Morgan fingerprint density at radius 1 is 1.26 bits per heavy atom.